The topological polar surface area (TPSA) is 83.6 Å². The summed E-state index contributed by atoms with van der Waals surface area (Å²) in [6, 6.07) is 3.41. The summed E-state index contributed by atoms with van der Waals surface area (Å²) in [7, 11) is 0. The van der Waals surface area contributed by atoms with E-state index in [9.17, 15) is 9.90 Å². The van der Waals surface area contributed by atoms with Gasteiger partial charge in [-0.25, -0.2) is 0 Å². The van der Waals surface area contributed by atoms with E-state index in [-0.39, 0.29) is 5.75 Å². The number of hydrogen-bond acceptors (Lipinski definition) is 3. The van der Waals surface area contributed by atoms with E-state index in [2.05, 4.69) is 15.9 Å². The molecule has 0 bridgehead atoms. The summed E-state index contributed by atoms with van der Waals surface area (Å²) >= 11 is 3.06. The number of phenolic OH excluding ortho intramolecular Hbond substituents is 1. The fourth-order valence-corrected chi connectivity index (χ4v) is 1.42. The number of halogens is 1. The van der Waals surface area contributed by atoms with Crippen LogP contribution in [0.25, 0.3) is 0 Å². The quantitative estimate of drug-likeness (QED) is 0.732. The van der Waals surface area contributed by atoms with Gasteiger partial charge in [-0.15, -0.1) is 0 Å². The van der Waals surface area contributed by atoms with Crippen LogP contribution >= 0.6 is 15.9 Å². The molecule has 4 nitrogen and oxygen atoms in total. The third kappa shape index (κ3) is 1.99. The molecule has 5 heteroatoms. The Hall–Kier alpha value is -1.07. The highest BCUT2D eigenvalue weighted by Gasteiger charge is 2.18. The van der Waals surface area contributed by atoms with Gasteiger partial charge in [-0.3, -0.25) is 4.79 Å². The predicted molar refractivity (Wildman–Crippen MR) is 50.4 cm³/mol. The van der Waals surface area contributed by atoms with Crippen molar-refractivity contribution < 1.29 is 15.0 Å². The highest BCUT2D eigenvalue weighted by atomic mass is 79.9. The van der Waals surface area contributed by atoms with Gasteiger partial charge in [0.05, 0.1) is 4.47 Å². The van der Waals surface area contributed by atoms with Crippen LogP contribution in [0, 0.1) is 0 Å². The number of benzene rings is 1. The molecule has 0 heterocycles. The molecule has 0 saturated heterocycles. The summed E-state index contributed by atoms with van der Waals surface area (Å²) < 4.78 is 0.324. The predicted octanol–water partition coefficient (Wildman–Crippen LogP) is 1.24. The molecule has 1 atom stereocenters. The van der Waals surface area contributed by atoms with Crippen molar-refractivity contribution in [2.45, 2.75) is 6.04 Å². The molecule has 4 N–H and O–H groups in total. The lowest BCUT2D eigenvalue weighted by Crippen LogP contribution is -2.20. The van der Waals surface area contributed by atoms with Crippen LogP contribution < -0.4 is 5.73 Å². The molecule has 70 valence electrons. The minimum Gasteiger partial charge on any atom is -0.507 e. The molecule has 0 aliphatic heterocycles. The SMILES string of the molecule is NC(C(=O)O)c1cccc(O)c1Br. The van der Waals surface area contributed by atoms with Crippen molar-refractivity contribution in [3.8, 4) is 5.75 Å². The number of aromatic hydroxyl groups is 1. The van der Waals surface area contributed by atoms with Gasteiger partial charge < -0.3 is 15.9 Å². The second-order valence-electron chi connectivity index (χ2n) is 2.50. The second kappa shape index (κ2) is 3.76. The smallest absolute Gasteiger partial charge is 0.325 e. The summed E-state index contributed by atoms with van der Waals surface area (Å²) in [6.45, 7) is 0. The van der Waals surface area contributed by atoms with Crippen molar-refractivity contribution in [3.63, 3.8) is 0 Å². The number of carboxylic acids is 1. The Kier molecular flexibility index (Phi) is 2.90. The van der Waals surface area contributed by atoms with Crippen LogP contribution in [0.5, 0.6) is 5.75 Å². The first kappa shape index (κ1) is 10.0. The van der Waals surface area contributed by atoms with E-state index in [1.807, 2.05) is 0 Å². The molecule has 1 rings (SSSR count). The van der Waals surface area contributed by atoms with E-state index in [4.69, 9.17) is 10.8 Å². The average Bonchev–Trinajstić information content (AvgIpc) is 2.08. The summed E-state index contributed by atoms with van der Waals surface area (Å²) in [5.74, 6) is -1.15. The standard InChI is InChI=1S/C8H8BrNO3/c9-6-4(7(10)8(12)13)2-1-3-5(6)11/h1-3,7,11H,10H2,(H,12,13). The molecule has 0 radical (unpaired) electrons. The normalized spacial score (nSPS) is 12.5. The minimum atomic E-state index is -1.13. The monoisotopic (exact) mass is 245 g/mol. The Morgan fingerprint density at radius 3 is 2.69 bits per heavy atom. The van der Waals surface area contributed by atoms with Crippen molar-refractivity contribution in [1.29, 1.82) is 0 Å². The van der Waals surface area contributed by atoms with Crippen LogP contribution in [0.4, 0.5) is 0 Å². The number of hydrogen-bond donors (Lipinski definition) is 3. The van der Waals surface area contributed by atoms with E-state index in [1.54, 1.807) is 6.07 Å². The zero-order valence-corrected chi connectivity index (χ0v) is 8.15. The zero-order valence-electron chi connectivity index (χ0n) is 6.57. The van der Waals surface area contributed by atoms with Gasteiger partial charge in [0.2, 0.25) is 0 Å². The van der Waals surface area contributed by atoms with Gasteiger partial charge in [-0.2, -0.15) is 0 Å². The van der Waals surface area contributed by atoms with Gasteiger partial charge in [-0.05, 0) is 27.6 Å². The number of carbonyl (C=O) groups is 1. The van der Waals surface area contributed by atoms with Gasteiger partial charge >= 0.3 is 5.97 Å². The lowest BCUT2D eigenvalue weighted by atomic mass is 10.1. The number of carboxylic acid groups (broad SMARTS) is 1. The van der Waals surface area contributed by atoms with Crippen LogP contribution in [0.2, 0.25) is 0 Å². The number of aliphatic carboxylic acids is 1. The van der Waals surface area contributed by atoms with Crippen molar-refractivity contribution in [2.24, 2.45) is 5.73 Å². The van der Waals surface area contributed by atoms with Crippen molar-refractivity contribution >= 4 is 21.9 Å². The molecule has 13 heavy (non-hydrogen) atoms. The molecule has 1 aromatic rings. The van der Waals surface area contributed by atoms with Gasteiger partial charge in [0.15, 0.2) is 0 Å². The van der Waals surface area contributed by atoms with Gasteiger partial charge in [-0.1, -0.05) is 12.1 Å². The minimum absolute atomic E-state index is 0.0193. The third-order valence-corrected chi connectivity index (χ3v) is 2.47. The second-order valence-corrected chi connectivity index (χ2v) is 3.29. The summed E-state index contributed by atoms with van der Waals surface area (Å²) in [5.41, 5.74) is 5.72. The fourth-order valence-electron chi connectivity index (χ4n) is 0.910. The Morgan fingerprint density at radius 1 is 1.54 bits per heavy atom. The highest BCUT2D eigenvalue weighted by molar-refractivity contribution is 9.10. The van der Waals surface area contributed by atoms with Crippen LogP contribution in [0.3, 0.4) is 0 Å². The van der Waals surface area contributed by atoms with E-state index >= 15 is 0 Å². The highest BCUT2D eigenvalue weighted by Crippen LogP contribution is 2.30. The van der Waals surface area contributed by atoms with Crippen LogP contribution in [-0.4, -0.2) is 16.2 Å². The molecule has 0 aromatic heterocycles. The Morgan fingerprint density at radius 2 is 2.15 bits per heavy atom. The first-order valence-electron chi connectivity index (χ1n) is 3.50. The third-order valence-electron chi connectivity index (χ3n) is 1.61. The maximum Gasteiger partial charge on any atom is 0.325 e. The largest absolute Gasteiger partial charge is 0.507 e. The Bertz CT molecular complexity index is 340. The Balaban J connectivity index is 3.15. The molecule has 0 spiro atoms. The first-order chi connectivity index (χ1) is 6.04. The van der Waals surface area contributed by atoms with Crippen molar-refractivity contribution in [3.05, 3.63) is 28.2 Å². The van der Waals surface area contributed by atoms with Crippen LogP contribution in [0.1, 0.15) is 11.6 Å². The zero-order chi connectivity index (χ0) is 10.0. The number of phenols is 1. The molecule has 0 amide bonds. The summed E-state index contributed by atoms with van der Waals surface area (Å²) in [4.78, 5) is 10.5. The van der Waals surface area contributed by atoms with Gasteiger partial charge in [0.1, 0.15) is 11.8 Å². The molecule has 0 saturated carbocycles. The van der Waals surface area contributed by atoms with E-state index < -0.39 is 12.0 Å². The maximum atomic E-state index is 10.5. The van der Waals surface area contributed by atoms with Crippen molar-refractivity contribution in [1.82, 2.24) is 0 Å². The van der Waals surface area contributed by atoms with E-state index in [0.717, 1.165) is 0 Å². The molecule has 1 aromatic carbocycles. The summed E-state index contributed by atoms with van der Waals surface area (Å²) in [5, 5.41) is 17.9. The van der Waals surface area contributed by atoms with Crippen molar-refractivity contribution in [2.75, 3.05) is 0 Å². The molecular weight excluding hydrogens is 238 g/mol. The molecule has 0 aliphatic rings. The molecule has 0 aliphatic carbocycles. The van der Waals surface area contributed by atoms with Crippen LogP contribution in [0.15, 0.2) is 22.7 Å². The van der Waals surface area contributed by atoms with E-state index in [0.29, 0.717) is 10.0 Å². The lowest BCUT2D eigenvalue weighted by molar-refractivity contribution is -0.138. The fraction of sp³-hybridized carbons (Fsp3) is 0.125. The first-order valence-corrected chi connectivity index (χ1v) is 4.29. The van der Waals surface area contributed by atoms with E-state index in [1.165, 1.54) is 12.1 Å². The van der Waals surface area contributed by atoms with Crippen LogP contribution in [-0.2, 0) is 4.79 Å². The number of nitrogens with two attached hydrogens (primary N) is 1. The summed E-state index contributed by atoms with van der Waals surface area (Å²) in [6.07, 6.45) is 0. The molecular formula is C8H8BrNO3. The lowest BCUT2D eigenvalue weighted by Gasteiger charge is -2.09. The average molecular weight is 246 g/mol. The number of rotatable bonds is 2. The van der Waals surface area contributed by atoms with Gasteiger partial charge in [0.25, 0.3) is 0 Å². The maximum absolute atomic E-state index is 10.5. The molecule has 0 fully saturated rings. The molecule has 1 unspecified atom stereocenters. The Labute approximate surface area is 83.1 Å². The van der Waals surface area contributed by atoms with Gasteiger partial charge in [0, 0.05) is 0 Å².